The summed E-state index contributed by atoms with van der Waals surface area (Å²) in [5.74, 6) is -0.820. The largest absolute Gasteiger partial charge is 0.441 e. The average molecular weight is 600 g/mol. The lowest BCUT2D eigenvalue weighted by Gasteiger charge is -2.45. The Morgan fingerprint density at radius 3 is 2.10 bits per heavy atom. The van der Waals surface area contributed by atoms with Crippen LogP contribution in [0.3, 0.4) is 0 Å². The van der Waals surface area contributed by atoms with Gasteiger partial charge in [0.25, 0.3) is 0 Å². The molecule has 1 N–H and O–H groups in total. The van der Waals surface area contributed by atoms with Gasteiger partial charge in [0.05, 0.1) is 19.3 Å². The molecule has 2 aliphatic heterocycles. The highest BCUT2D eigenvalue weighted by atomic mass is 28.4. The van der Waals surface area contributed by atoms with Gasteiger partial charge in [0.15, 0.2) is 20.3 Å². The van der Waals surface area contributed by atoms with Gasteiger partial charge in [-0.3, -0.25) is 4.90 Å². The molecule has 2 aromatic carbocycles. The van der Waals surface area contributed by atoms with Crippen LogP contribution in [0.4, 0.5) is 4.79 Å². The molecule has 0 radical (unpaired) electrons. The number of rotatable bonds is 11. The average Bonchev–Trinajstić information content (AvgIpc) is 3.37. The number of amides is 1. The minimum atomic E-state index is -2.42. The lowest BCUT2D eigenvalue weighted by Crippen LogP contribution is -2.61. The zero-order valence-corrected chi connectivity index (χ0v) is 27.6. The molecule has 0 saturated carbocycles. The summed E-state index contributed by atoms with van der Waals surface area (Å²) < 4.78 is 31.8. The highest BCUT2D eigenvalue weighted by Crippen LogP contribution is 2.41. The second-order valence-electron chi connectivity index (χ2n) is 14.0. The van der Waals surface area contributed by atoms with E-state index in [9.17, 15) is 9.90 Å². The van der Waals surface area contributed by atoms with Crippen molar-refractivity contribution in [2.75, 3.05) is 6.61 Å². The van der Waals surface area contributed by atoms with Crippen molar-refractivity contribution >= 4 is 14.4 Å². The topological polar surface area (TPSA) is 86.7 Å². The fraction of sp³-hybridized carbons (Fsp3) is 0.606. The summed E-state index contributed by atoms with van der Waals surface area (Å²) in [6.07, 6.45) is -3.66. The zero-order chi connectivity index (χ0) is 30.9. The number of cyclic esters (lactones) is 1. The first-order valence-corrected chi connectivity index (χ1v) is 17.8. The fourth-order valence-electron chi connectivity index (χ4n) is 5.31. The minimum Gasteiger partial charge on any atom is -0.441 e. The van der Waals surface area contributed by atoms with Crippen LogP contribution in [0.15, 0.2) is 60.7 Å². The molecule has 2 saturated heterocycles. The van der Waals surface area contributed by atoms with E-state index in [-0.39, 0.29) is 18.3 Å². The first kappa shape index (κ1) is 32.6. The smallest absolute Gasteiger partial charge is 0.412 e. The van der Waals surface area contributed by atoms with Gasteiger partial charge in [-0.25, -0.2) is 4.79 Å². The standard InChI is InChI=1S/C33H49NO7Si/c1-31(2,3)42(8,9)41-27(25-22-38-33(6,7)39-25)28(37-21-24-18-14-11-15-19-24)29(35)34-26(32(4,5)40-30(34)36)20-23-16-12-10-13-17-23/h10-19,25-29,35H,20-22H2,1-9H3/t25-,26+,27-,28+,29+/m1/s1. The number of carbonyl (C=O) groups excluding carboxylic acids is 1. The number of nitrogens with zero attached hydrogens (tertiary/aromatic N) is 1. The third kappa shape index (κ3) is 7.44. The third-order valence-electron chi connectivity index (χ3n) is 8.79. The molecule has 232 valence electrons. The molecule has 0 aliphatic carbocycles. The fourth-order valence-corrected chi connectivity index (χ4v) is 6.63. The Kier molecular flexibility index (Phi) is 9.62. The quantitative estimate of drug-likeness (QED) is 0.305. The van der Waals surface area contributed by atoms with Crippen LogP contribution in [0.5, 0.6) is 0 Å². The maximum Gasteiger partial charge on any atom is 0.412 e. The third-order valence-corrected chi connectivity index (χ3v) is 13.3. The SMILES string of the molecule is CC1(C)OC[C@H]([C@@H](O[Si](C)(C)C(C)(C)C)[C@H](OCc2ccccc2)[C@H](O)N2C(=O)OC(C)(C)[C@@H]2Cc2ccccc2)O1. The van der Waals surface area contributed by atoms with E-state index in [1.165, 1.54) is 4.90 Å². The molecule has 2 fully saturated rings. The summed E-state index contributed by atoms with van der Waals surface area (Å²) in [5.41, 5.74) is 1.13. The zero-order valence-electron chi connectivity index (χ0n) is 26.6. The number of hydrogen-bond acceptors (Lipinski definition) is 7. The summed E-state index contributed by atoms with van der Waals surface area (Å²) in [4.78, 5) is 14.9. The van der Waals surface area contributed by atoms with Crippen molar-refractivity contribution in [2.24, 2.45) is 0 Å². The highest BCUT2D eigenvalue weighted by Gasteiger charge is 2.55. The lowest BCUT2D eigenvalue weighted by atomic mass is 9.91. The van der Waals surface area contributed by atoms with Crippen molar-refractivity contribution in [3.05, 3.63) is 71.8 Å². The van der Waals surface area contributed by atoms with Crippen LogP contribution in [0.1, 0.15) is 59.6 Å². The molecule has 8 nitrogen and oxygen atoms in total. The summed E-state index contributed by atoms with van der Waals surface area (Å²) >= 11 is 0. The predicted molar refractivity (Wildman–Crippen MR) is 164 cm³/mol. The molecule has 1 amide bonds. The first-order valence-electron chi connectivity index (χ1n) is 14.9. The summed E-state index contributed by atoms with van der Waals surface area (Å²) in [6, 6.07) is 19.2. The molecule has 9 heteroatoms. The molecular formula is C33H49NO7Si. The Morgan fingerprint density at radius 1 is 1.00 bits per heavy atom. The number of ether oxygens (including phenoxy) is 4. The molecule has 42 heavy (non-hydrogen) atoms. The van der Waals surface area contributed by atoms with Crippen molar-refractivity contribution in [3.8, 4) is 0 Å². The van der Waals surface area contributed by atoms with Crippen LogP contribution in [-0.4, -0.2) is 73.0 Å². The van der Waals surface area contributed by atoms with E-state index in [4.69, 9.17) is 23.4 Å². The Bertz CT molecular complexity index is 1180. The van der Waals surface area contributed by atoms with Gasteiger partial charge < -0.3 is 28.5 Å². The first-order chi connectivity index (χ1) is 19.5. The van der Waals surface area contributed by atoms with Gasteiger partial charge in [0.2, 0.25) is 0 Å². The molecule has 2 heterocycles. The Labute approximate surface area is 252 Å². The Hall–Kier alpha value is -2.27. The Balaban J connectivity index is 1.75. The van der Waals surface area contributed by atoms with Crippen LogP contribution >= 0.6 is 0 Å². The Morgan fingerprint density at radius 2 is 1.57 bits per heavy atom. The van der Waals surface area contributed by atoms with Crippen molar-refractivity contribution in [2.45, 2.75) is 122 Å². The van der Waals surface area contributed by atoms with E-state index in [0.29, 0.717) is 6.42 Å². The van der Waals surface area contributed by atoms with Crippen LogP contribution in [0, 0.1) is 0 Å². The van der Waals surface area contributed by atoms with E-state index < -0.39 is 56.4 Å². The van der Waals surface area contributed by atoms with E-state index in [0.717, 1.165) is 11.1 Å². The summed E-state index contributed by atoms with van der Waals surface area (Å²) in [7, 11) is -2.42. The van der Waals surface area contributed by atoms with Gasteiger partial charge in [-0.1, -0.05) is 81.4 Å². The van der Waals surface area contributed by atoms with Gasteiger partial charge >= 0.3 is 6.09 Å². The number of carbonyl (C=O) groups is 1. The lowest BCUT2D eigenvalue weighted by molar-refractivity contribution is -0.191. The molecule has 2 aromatic rings. The second-order valence-corrected chi connectivity index (χ2v) is 18.7. The van der Waals surface area contributed by atoms with Crippen LogP contribution in [0.25, 0.3) is 0 Å². The van der Waals surface area contributed by atoms with Crippen molar-refractivity contribution < 1.29 is 33.3 Å². The van der Waals surface area contributed by atoms with Crippen molar-refractivity contribution in [1.29, 1.82) is 0 Å². The van der Waals surface area contributed by atoms with Crippen molar-refractivity contribution in [1.82, 2.24) is 4.90 Å². The van der Waals surface area contributed by atoms with Gasteiger partial charge in [-0.2, -0.15) is 0 Å². The summed E-state index contributed by atoms with van der Waals surface area (Å²) in [5, 5.41) is 12.1. The maximum absolute atomic E-state index is 13.5. The van der Waals surface area contributed by atoms with Crippen LogP contribution in [-0.2, 0) is 36.4 Å². The van der Waals surface area contributed by atoms with Gasteiger partial charge in [-0.15, -0.1) is 0 Å². The van der Waals surface area contributed by atoms with E-state index in [2.05, 4.69) is 33.9 Å². The molecule has 5 atom stereocenters. The second kappa shape index (κ2) is 12.4. The maximum atomic E-state index is 13.5. The molecule has 2 aliphatic rings. The predicted octanol–water partition coefficient (Wildman–Crippen LogP) is 6.27. The van der Waals surface area contributed by atoms with E-state index in [1.54, 1.807) is 0 Å². The summed E-state index contributed by atoms with van der Waals surface area (Å²) in [6.45, 7) is 18.8. The molecule has 0 bridgehead atoms. The molecule has 4 rings (SSSR count). The van der Waals surface area contributed by atoms with Gasteiger partial charge in [0, 0.05) is 0 Å². The monoisotopic (exact) mass is 599 g/mol. The normalized spacial score (nSPS) is 24.3. The highest BCUT2D eigenvalue weighted by molar-refractivity contribution is 6.74. The number of aliphatic hydroxyl groups is 1. The van der Waals surface area contributed by atoms with Crippen molar-refractivity contribution in [3.63, 3.8) is 0 Å². The van der Waals surface area contributed by atoms with E-state index in [1.807, 2.05) is 88.4 Å². The number of benzene rings is 2. The molecule has 0 spiro atoms. The minimum absolute atomic E-state index is 0.125. The van der Waals surface area contributed by atoms with Gasteiger partial charge in [-0.05, 0) is 63.4 Å². The van der Waals surface area contributed by atoms with E-state index >= 15 is 0 Å². The molecule has 0 aromatic heterocycles. The van der Waals surface area contributed by atoms with Gasteiger partial charge in [0.1, 0.15) is 23.9 Å². The molecular weight excluding hydrogens is 550 g/mol. The molecule has 0 unspecified atom stereocenters. The number of hydrogen-bond donors (Lipinski definition) is 1. The van der Waals surface area contributed by atoms with Crippen LogP contribution < -0.4 is 0 Å². The number of aliphatic hydroxyl groups excluding tert-OH is 1. The van der Waals surface area contributed by atoms with Crippen LogP contribution in [0.2, 0.25) is 18.1 Å².